The van der Waals surface area contributed by atoms with Crippen LogP contribution in [0.4, 0.5) is 5.69 Å². The van der Waals surface area contributed by atoms with Crippen molar-refractivity contribution in [3.05, 3.63) is 28.2 Å². The highest BCUT2D eigenvalue weighted by molar-refractivity contribution is 6.35. The molecule has 0 radical (unpaired) electrons. The maximum absolute atomic E-state index is 12.2. The van der Waals surface area contributed by atoms with Crippen molar-refractivity contribution in [2.24, 2.45) is 11.8 Å². The summed E-state index contributed by atoms with van der Waals surface area (Å²) in [6.45, 7) is 4.71. The molecule has 3 rings (SSSR count). The third kappa shape index (κ3) is 3.51. The third-order valence-electron chi connectivity index (χ3n) is 4.31. The van der Waals surface area contributed by atoms with Crippen molar-refractivity contribution >= 4 is 34.8 Å². The zero-order valence-corrected chi connectivity index (χ0v) is 13.5. The molecule has 1 aromatic carbocycles. The second-order valence-corrected chi connectivity index (χ2v) is 6.95. The molecule has 0 spiro atoms. The van der Waals surface area contributed by atoms with Gasteiger partial charge in [0.1, 0.15) is 0 Å². The number of carbonyl (C=O) groups excluding carboxylic acids is 1. The molecule has 0 bridgehead atoms. The summed E-state index contributed by atoms with van der Waals surface area (Å²) in [5, 5.41) is 3.92. The van der Waals surface area contributed by atoms with Crippen molar-refractivity contribution in [1.82, 2.24) is 9.80 Å². The summed E-state index contributed by atoms with van der Waals surface area (Å²) in [6.07, 6.45) is 0. The van der Waals surface area contributed by atoms with E-state index in [1.807, 2.05) is 0 Å². The highest BCUT2D eigenvalue weighted by atomic mass is 35.5. The van der Waals surface area contributed by atoms with Gasteiger partial charge in [0.05, 0.1) is 17.3 Å². The lowest BCUT2D eigenvalue weighted by Gasteiger charge is -2.18. The van der Waals surface area contributed by atoms with Gasteiger partial charge in [-0.05, 0) is 37.1 Å². The summed E-state index contributed by atoms with van der Waals surface area (Å²) in [7, 11) is 2.16. The topological polar surface area (TPSA) is 35.6 Å². The first-order valence-electron chi connectivity index (χ1n) is 7.17. The molecule has 21 heavy (non-hydrogen) atoms. The van der Waals surface area contributed by atoms with E-state index in [9.17, 15) is 4.79 Å². The standard InChI is InChI=1S/C15H19Cl2N3O/c1-19-5-10-7-20(8-11(10)6-19)9-15(21)18-14-4-12(16)2-3-13(14)17/h2-4,10-11H,5-9H2,1H3,(H,18,21). The molecule has 2 aliphatic rings. The Hall–Kier alpha value is -0.810. The molecular weight excluding hydrogens is 309 g/mol. The summed E-state index contributed by atoms with van der Waals surface area (Å²) in [4.78, 5) is 16.8. The number of rotatable bonds is 3. The number of nitrogens with zero attached hydrogens (tertiary/aromatic N) is 2. The summed E-state index contributed by atoms with van der Waals surface area (Å²) in [5.41, 5.74) is 0.577. The lowest BCUT2D eigenvalue weighted by atomic mass is 10.0. The summed E-state index contributed by atoms with van der Waals surface area (Å²) in [6, 6.07) is 5.07. The van der Waals surface area contributed by atoms with Crippen molar-refractivity contribution in [3.8, 4) is 0 Å². The number of benzene rings is 1. The lowest BCUT2D eigenvalue weighted by molar-refractivity contribution is -0.117. The summed E-state index contributed by atoms with van der Waals surface area (Å²) >= 11 is 12.0. The van der Waals surface area contributed by atoms with Crippen LogP contribution in [0.1, 0.15) is 0 Å². The van der Waals surface area contributed by atoms with Crippen LogP contribution in [0.15, 0.2) is 18.2 Å². The molecule has 1 N–H and O–H groups in total. The van der Waals surface area contributed by atoms with Gasteiger partial charge in [-0.1, -0.05) is 23.2 Å². The molecule has 114 valence electrons. The zero-order chi connectivity index (χ0) is 15.0. The summed E-state index contributed by atoms with van der Waals surface area (Å²) < 4.78 is 0. The molecule has 0 aromatic heterocycles. The minimum Gasteiger partial charge on any atom is -0.324 e. The fourth-order valence-corrected chi connectivity index (χ4v) is 3.78. The SMILES string of the molecule is CN1CC2CN(CC(=O)Nc3cc(Cl)ccc3Cl)CC2C1. The van der Waals surface area contributed by atoms with Crippen molar-refractivity contribution in [2.75, 3.05) is 45.1 Å². The van der Waals surface area contributed by atoms with Crippen LogP contribution >= 0.6 is 23.2 Å². The average Bonchev–Trinajstić information content (AvgIpc) is 2.90. The Morgan fingerprint density at radius 3 is 2.57 bits per heavy atom. The Balaban J connectivity index is 1.54. The van der Waals surface area contributed by atoms with Gasteiger partial charge in [-0.15, -0.1) is 0 Å². The molecule has 2 aliphatic heterocycles. The van der Waals surface area contributed by atoms with E-state index in [-0.39, 0.29) is 5.91 Å². The van der Waals surface area contributed by atoms with Crippen molar-refractivity contribution in [3.63, 3.8) is 0 Å². The molecule has 1 aromatic rings. The fourth-order valence-electron chi connectivity index (χ4n) is 3.44. The lowest BCUT2D eigenvalue weighted by Crippen LogP contribution is -2.34. The van der Waals surface area contributed by atoms with E-state index in [4.69, 9.17) is 23.2 Å². The predicted octanol–water partition coefficient (Wildman–Crippen LogP) is 2.43. The second kappa shape index (κ2) is 6.13. The van der Waals surface area contributed by atoms with E-state index >= 15 is 0 Å². The van der Waals surface area contributed by atoms with Crippen molar-refractivity contribution < 1.29 is 4.79 Å². The van der Waals surface area contributed by atoms with Crippen molar-refractivity contribution in [1.29, 1.82) is 0 Å². The summed E-state index contributed by atoms with van der Waals surface area (Å²) in [5.74, 6) is 1.38. The number of anilines is 1. The van der Waals surface area contributed by atoms with E-state index in [1.54, 1.807) is 18.2 Å². The van der Waals surface area contributed by atoms with Crippen LogP contribution < -0.4 is 5.32 Å². The number of hydrogen-bond acceptors (Lipinski definition) is 3. The minimum atomic E-state index is -0.0347. The Morgan fingerprint density at radius 1 is 1.24 bits per heavy atom. The van der Waals surface area contributed by atoms with Crippen molar-refractivity contribution in [2.45, 2.75) is 0 Å². The van der Waals surface area contributed by atoms with Crippen LogP contribution in [0.25, 0.3) is 0 Å². The van der Waals surface area contributed by atoms with Gasteiger partial charge < -0.3 is 10.2 Å². The highest BCUT2D eigenvalue weighted by Gasteiger charge is 2.38. The molecule has 0 saturated carbocycles. The number of halogens is 2. The first-order valence-corrected chi connectivity index (χ1v) is 7.92. The van der Waals surface area contributed by atoms with Gasteiger partial charge in [0, 0.05) is 31.2 Å². The molecule has 4 nitrogen and oxygen atoms in total. The maximum atomic E-state index is 12.2. The molecule has 2 atom stereocenters. The van der Waals surface area contributed by atoms with Gasteiger partial charge in [0.2, 0.25) is 5.91 Å². The molecule has 2 heterocycles. The Bertz CT molecular complexity index is 538. The first kappa shape index (κ1) is 15.1. The van der Waals surface area contributed by atoms with Crippen LogP contribution in [-0.2, 0) is 4.79 Å². The fraction of sp³-hybridized carbons (Fsp3) is 0.533. The predicted molar refractivity (Wildman–Crippen MR) is 86.0 cm³/mol. The average molecular weight is 328 g/mol. The quantitative estimate of drug-likeness (QED) is 0.926. The number of likely N-dealkylation sites (tertiary alicyclic amines) is 2. The van der Waals surface area contributed by atoms with Gasteiger partial charge in [-0.2, -0.15) is 0 Å². The third-order valence-corrected chi connectivity index (χ3v) is 4.88. The van der Waals surface area contributed by atoms with Crippen LogP contribution in [0.3, 0.4) is 0 Å². The number of carbonyl (C=O) groups is 1. The second-order valence-electron chi connectivity index (χ2n) is 6.11. The van der Waals surface area contributed by atoms with E-state index in [1.165, 1.54) is 0 Å². The van der Waals surface area contributed by atoms with Gasteiger partial charge in [0.25, 0.3) is 0 Å². The maximum Gasteiger partial charge on any atom is 0.238 e. The van der Waals surface area contributed by atoms with E-state index in [0.29, 0.717) is 34.1 Å². The molecule has 6 heteroatoms. The number of amides is 1. The smallest absolute Gasteiger partial charge is 0.238 e. The Kier molecular flexibility index (Phi) is 4.41. The van der Waals surface area contributed by atoms with E-state index < -0.39 is 0 Å². The molecule has 1 amide bonds. The number of fused-ring (bicyclic) bond motifs is 1. The number of nitrogens with one attached hydrogen (secondary N) is 1. The van der Waals surface area contributed by atoms with E-state index in [2.05, 4.69) is 22.2 Å². The molecule has 2 fully saturated rings. The highest BCUT2D eigenvalue weighted by Crippen LogP contribution is 2.30. The van der Waals surface area contributed by atoms with Gasteiger partial charge >= 0.3 is 0 Å². The van der Waals surface area contributed by atoms with Gasteiger partial charge in [-0.25, -0.2) is 0 Å². The van der Waals surface area contributed by atoms with E-state index in [0.717, 1.165) is 26.2 Å². The largest absolute Gasteiger partial charge is 0.324 e. The normalized spacial score (nSPS) is 26.0. The molecule has 2 saturated heterocycles. The zero-order valence-electron chi connectivity index (χ0n) is 12.0. The first-order chi connectivity index (χ1) is 10.0. The van der Waals surface area contributed by atoms with Gasteiger partial charge in [-0.3, -0.25) is 9.69 Å². The number of hydrogen-bond donors (Lipinski definition) is 1. The molecule has 2 unspecified atom stereocenters. The van der Waals surface area contributed by atoms with Crippen LogP contribution in [0.2, 0.25) is 10.0 Å². The van der Waals surface area contributed by atoms with Crippen LogP contribution in [0, 0.1) is 11.8 Å². The van der Waals surface area contributed by atoms with Crippen LogP contribution in [-0.4, -0.2) is 55.5 Å². The molecular formula is C15H19Cl2N3O. The Labute approximate surface area is 135 Å². The Morgan fingerprint density at radius 2 is 1.90 bits per heavy atom. The minimum absolute atomic E-state index is 0.0347. The van der Waals surface area contributed by atoms with Gasteiger partial charge in [0.15, 0.2) is 0 Å². The molecule has 0 aliphatic carbocycles. The van der Waals surface area contributed by atoms with Crippen LogP contribution in [0.5, 0.6) is 0 Å². The monoisotopic (exact) mass is 327 g/mol.